The van der Waals surface area contributed by atoms with Crippen molar-refractivity contribution in [2.45, 2.75) is 13.0 Å². The Morgan fingerprint density at radius 2 is 1.78 bits per heavy atom. The van der Waals surface area contributed by atoms with E-state index >= 15 is 0 Å². The molecular formula is C15H17NO2. The Morgan fingerprint density at radius 1 is 1.11 bits per heavy atom. The third-order valence-corrected chi connectivity index (χ3v) is 2.97. The van der Waals surface area contributed by atoms with E-state index in [2.05, 4.69) is 0 Å². The number of aliphatic hydroxyl groups is 1. The first-order chi connectivity index (χ1) is 8.61. The minimum Gasteiger partial charge on any atom is -0.497 e. The van der Waals surface area contributed by atoms with Gasteiger partial charge in [-0.05, 0) is 30.7 Å². The van der Waals surface area contributed by atoms with E-state index in [1.807, 2.05) is 49.4 Å². The summed E-state index contributed by atoms with van der Waals surface area (Å²) in [6.45, 7) is 1.98. The average Bonchev–Trinajstić information content (AvgIpc) is 2.41. The molecule has 94 valence electrons. The number of nitrogens with two attached hydrogens (primary N) is 1. The molecule has 0 saturated heterocycles. The van der Waals surface area contributed by atoms with Crippen molar-refractivity contribution in [1.82, 2.24) is 0 Å². The van der Waals surface area contributed by atoms with Crippen LogP contribution in [0.15, 0.2) is 42.5 Å². The highest BCUT2D eigenvalue weighted by molar-refractivity contribution is 5.52. The highest BCUT2D eigenvalue weighted by Gasteiger charge is 2.13. The van der Waals surface area contributed by atoms with Gasteiger partial charge in [-0.2, -0.15) is 0 Å². The zero-order valence-electron chi connectivity index (χ0n) is 10.6. The van der Waals surface area contributed by atoms with Gasteiger partial charge in [0.1, 0.15) is 11.9 Å². The summed E-state index contributed by atoms with van der Waals surface area (Å²) >= 11 is 0. The molecule has 18 heavy (non-hydrogen) atoms. The topological polar surface area (TPSA) is 55.5 Å². The molecule has 0 aliphatic rings. The second kappa shape index (κ2) is 5.10. The molecule has 0 fully saturated rings. The maximum atomic E-state index is 10.3. The smallest absolute Gasteiger partial charge is 0.118 e. The van der Waals surface area contributed by atoms with Crippen LogP contribution >= 0.6 is 0 Å². The summed E-state index contributed by atoms with van der Waals surface area (Å²) in [5, 5.41) is 10.3. The van der Waals surface area contributed by atoms with Crippen LogP contribution in [0, 0.1) is 6.92 Å². The van der Waals surface area contributed by atoms with Gasteiger partial charge in [0.05, 0.1) is 7.11 Å². The summed E-state index contributed by atoms with van der Waals surface area (Å²) in [5.74, 6) is 0.767. The number of nitrogen functional groups attached to an aromatic ring is 1. The molecule has 2 aromatic carbocycles. The normalized spacial score (nSPS) is 12.2. The van der Waals surface area contributed by atoms with E-state index in [0.717, 1.165) is 22.4 Å². The molecule has 0 radical (unpaired) electrons. The van der Waals surface area contributed by atoms with Gasteiger partial charge in [0.25, 0.3) is 0 Å². The lowest BCUT2D eigenvalue weighted by Gasteiger charge is -2.15. The van der Waals surface area contributed by atoms with Gasteiger partial charge in [-0.15, -0.1) is 0 Å². The van der Waals surface area contributed by atoms with Crippen LogP contribution < -0.4 is 10.5 Å². The highest BCUT2D eigenvalue weighted by atomic mass is 16.5. The fourth-order valence-corrected chi connectivity index (χ4v) is 1.90. The van der Waals surface area contributed by atoms with Gasteiger partial charge in [0.15, 0.2) is 0 Å². The van der Waals surface area contributed by atoms with Crippen LogP contribution in [0.2, 0.25) is 0 Å². The van der Waals surface area contributed by atoms with Gasteiger partial charge in [0.2, 0.25) is 0 Å². The van der Waals surface area contributed by atoms with Crippen molar-refractivity contribution in [3.8, 4) is 5.75 Å². The monoisotopic (exact) mass is 243 g/mol. The lowest BCUT2D eigenvalue weighted by molar-refractivity contribution is 0.221. The first-order valence-corrected chi connectivity index (χ1v) is 5.80. The minimum atomic E-state index is -0.712. The van der Waals surface area contributed by atoms with Crippen LogP contribution in [-0.4, -0.2) is 12.2 Å². The molecule has 3 nitrogen and oxygen atoms in total. The molecule has 2 rings (SSSR count). The Hall–Kier alpha value is -2.00. The second-order valence-corrected chi connectivity index (χ2v) is 4.31. The summed E-state index contributed by atoms with van der Waals surface area (Å²) in [4.78, 5) is 0. The summed E-state index contributed by atoms with van der Waals surface area (Å²) in [6.07, 6.45) is -0.712. The number of methoxy groups -OCH3 is 1. The van der Waals surface area contributed by atoms with E-state index in [1.54, 1.807) is 7.11 Å². The molecule has 0 aliphatic carbocycles. The van der Waals surface area contributed by atoms with Gasteiger partial charge in [-0.3, -0.25) is 0 Å². The fraction of sp³-hybridized carbons (Fsp3) is 0.200. The molecule has 0 heterocycles. The third-order valence-electron chi connectivity index (χ3n) is 2.97. The number of hydrogen-bond acceptors (Lipinski definition) is 3. The van der Waals surface area contributed by atoms with E-state index in [0.29, 0.717) is 5.69 Å². The first kappa shape index (κ1) is 12.5. The van der Waals surface area contributed by atoms with Crippen LogP contribution in [0.3, 0.4) is 0 Å². The molecule has 0 spiro atoms. The van der Waals surface area contributed by atoms with Crippen molar-refractivity contribution >= 4 is 5.69 Å². The van der Waals surface area contributed by atoms with E-state index in [4.69, 9.17) is 10.5 Å². The Balaban J connectivity index is 2.34. The number of rotatable bonds is 3. The third kappa shape index (κ3) is 2.46. The number of aryl methyl sites for hydroxylation is 1. The van der Waals surface area contributed by atoms with Crippen molar-refractivity contribution < 1.29 is 9.84 Å². The standard InChI is InChI=1S/C15H17NO2/c1-10-3-8-14(16)13(9-10)15(17)11-4-6-12(18-2)7-5-11/h3-9,15,17H,16H2,1-2H3. The van der Waals surface area contributed by atoms with Crippen molar-refractivity contribution in [2.75, 3.05) is 12.8 Å². The molecule has 0 saturated carbocycles. The number of ether oxygens (including phenoxy) is 1. The lowest BCUT2D eigenvalue weighted by atomic mass is 9.98. The predicted molar refractivity (Wildman–Crippen MR) is 72.6 cm³/mol. The zero-order chi connectivity index (χ0) is 13.1. The van der Waals surface area contributed by atoms with Crippen molar-refractivity contribution in [2.24, 2.45) is 0 Å². The summed E-state index contributed by atoms with van der Waals surface area (Å²) in [5.41, 5.74) is 9.11. The van der Waals surface area contributed by atoms with Crippen molar-refractivity contribution in [3.63, 3.8) is 0 Å². The van der Waals surface area contributed by atoms with Gasteiger partial charge in [0, 0.05) is 11.3 Å². The molecule has 1 unspecified atom stereocenters. The van der Waals surface area contributed by atoms with Crippen LogP contribution in [0.25, 0.3) is 0 Å². The Kier molecular flexibility index (Phi) is 3.53. The molecule has 0 aromatic heterocycles. The largest absolute Gasteiger partial charge is 0.497 e. The molecular weight excluding hydrogens is 226 g/mol. The van der Waals surface area contributed by atoms with Gasteiger partial charge < -0.3 is 15.6 Å². The van der Waals surface area contributed by atoms with E-state index < -0.39 is 6.10 Å². The molecule has 0 aliphatic heterocycles. The summed E-state index contributed by atoms with van der Waals surface area (Å²) < 4.78 is 5.09. The molecule has 2 aromatic rings. The Bertz CT molecular complexity index is 535. The number of anilines is 1. The summed E-state index contributed by atoms with van der Waals surface area (Å²) in [6, 6.07) is 13.0. The van der Waals surface area contributed by atoms with Crippen LogP contribution in [0.5, 0.6) is 5.75 Å². The molecule has 3 heteroatoms. The van der Waals surface area contributed by atoms with Gasteiger partial charge >= 0.3 is 0 Å². The molecule has 0 amide bonds. The van der Waals surface area contributed by atoms with Gasteiger partial charge in [-0.25, -0.2) is 0 Å². The Labute approximate surface area is 107 Å². The molecule has 3 N–H and O–H groups in total. The van der Waals surface area contributed by atoms with Crippen molar-refractivity contribution in [1.29, 1.82) is 0 Å². The molecule has 1 atom stereocenters. The summed E-state index contributed by atoms with van der Waals surface area (Å²) in [7, 11) is 1.62. The second-order valence-electron chi connectivity index (χ2n) is 4.31. The van der Waals surface area contributed by atoms with Crippen molar-refractivity contribution in [3.05, 3.63) is 59.2 Å². The van der Waals surface area contributed by atoms with E-state index in [1.165, 1.54) is 0 Å². The van der Waals surface area contributed by atoms with E-state index in [-0.39, 0.29) is 0 Å². The first-order valence-electron chi connectivity index (χ1n) is 5.80. The van der Waals surface area contributed by atoms with Gasteiger partial charge in [-0.1, -0.05) is 29.8 Å². The van der Waals surface area contributed by atoms with E-state index in [9.17, 15) is 5.11 Å². The number of aliphatic hydroxyl groups excluding tert-OH is 1. The maximum Gasteiger partial charge on any atom is 0.118 e. The lowest BCUT2D eigenvalue weighted by Crippen LogP contribution is -2.04. The zero-order valence-corrected chi connectivity index (χ0v) is 10.6. The average molecular weight is 243 g/mol. The Morgan fingerprint density at radius 3 is 2.39 bits per heavy atom. The highest BCUT2D eigenvalue weighted by Crippen LogP contribution is 2.28. The predicted octanol–water partition coefficient (Wildman–Crippen LogP) is 2.67. The van der Waals surface area contributed by atoms with Crippen LogP contribution in [-0.2, 0) is 0 Å². The maximum absolute atomic E-state index is 10.3. The van der Waals surface area contributed by atoms with Crippen LogP contribution in [0.4, 0.5) is 5.69 Å². The fourth-order valence-electron chi connectivity index (χ4n) is 1.90. The van der Waals surface area contributed by atoms with Crippen LogP contribution in [0.1, 0.15) is 22.8 Å². The number of benzene rings is 2. The quantitative estimate of drug-likeness (QED) is 0.815. The SMILES string of the molecule is COc1ccc(C(O)c2cc(C)ccc2N)cc1. The minimum absolute atomic E-state index is 0.601. The molecule has 0 bridgehead atoms. The number of hydrogen-bond donors (Lipinski definition) is 2.